The third-order valence-electron chi connectivity index (χ3n) is 6.26. The first kappa shape index (κ1) is 31.6. The Morgan fingerprint density at radius 2 is 1.85 bits per heavy atom. The molecule has 222 valence electrons. The molecule has 12 nitrogen and oxygen atoms in total. The molecule has 0 aliphatic carbocycles. The highest BCUT2D eigenvalue weighted by molar-refractivity contribution is 7.89. The van der Waals surface area contributed by atoms with Crippen LogP contribution in [0.4, 0.5) is 13.2 Å². The molecule has 1 heterocycles. The van der Waals surface area contributed by atoms with Gasteiger partial charge in [0.15, 0.2) is 23.6 Å². The molecule has 0 bridgehead atoms. The Labute approximate surface area is 234 Å². The number of amides is 1. The summed E-state index contributed by atoms with van der Waals surface area (Å²) in [4.78, 5) is 17.8. The lowest BCUT2D eigenvalue weighted by atomic mass is 9.90. The lowest BCUT2D eigenvalue weighted by Crippen LogP contribution is -2.48. The molecule has 2 aromatic rings. The maximum absolute atomic E-state index is 14.6. The summed E-state index contributed by atoms with van der Waals surface area (Å²) in [5.41, 5.74) is 5.91. The molecule has 0 spiro atoms. The van der Waals surface area contributed by atoms with Gasteiger partial charge in [-0.05, 0) is 61.6 Å². The van der Waals surface area contributed by atoms with Crippen LogP contribution in [-0.4, -0.2) is 74.3 Å². The highest BCUT2D eigenvalue weighted by atomic mass is 32.2. The van der Waals surface area contributed by atoms with Crippen molar-refractivity contribution in [3.8, 4) is 17.7 Å². The molecule has 0 saturated carbocycles. The van der Waals surface area contributed by atoms with Gasteiger partial charge in [-0.15, -0.1) is 4.47 Å². The number of piperidine rings is 1. The van der Waals surface area contributed by atoms with Crippen LogP contribution in [0.5, 0.6) is 11.5 Å². The molecule has 16 heteroatoms. The monoisotopic (exact) mass is 598 g/mol. The number of hydrogen-bond donors (Lipinski definition) is 3. The molecule has 1 saturated heterocycles. The molecule has 0 unspecified atom stereocenters. The first-order chi connectivity index (χ1) is 19.5. The SMILES string of the molecule is COCCN=C(NC#N)N1CCC(C[C@H](N)C(=O)N(O)S(=O)(=O)c2cc(F)c(Oc3ccc(F)cc3)c(F)c2)CC1. The number of likely N-dealkylation sites (tertiary alicyclic amines) is 1. The van der Waals surface area contributed by atoms with Crippen molar-refractivity contribution in [3.05, 3.63) is 53.8 Å². The minimum absolute atomic E-state index is 0.0221. The predicted molar refractivity (Wildman–Crippen MR) is 138 cm³/mol. The molecule has 4 N–H and O–H groups in total. The third-order valence-corrected chi connectivity index (χ3v) is 7.73. The van der Waals surface area contributed by atoms with Crippen molar-refractivity contribution in [2.24, 2.45) is 16.6 Å². The zero-order chi connectivity index (χ0) is 30.2. The summed E-state index contributed by atoms with van der Waals surface area (Å²) in [7, 11) is -3.57. The number of rotatable bonds is 10. The van der Waals surface area contributed by atoms with Crippen molar-refractivity contribution in [3.63, 3.8) is 0 Å². The standard InChI is InChI=1S/C25H29F3N6O6S/c1-39-11-8-31-25(32-15-29)33-9-6-16(7-10-33)12-22(30)24(35)34(36)41(37,38)19-13-20(27)23(21(28)14-19)40-18-4-2-17(26)3-5-18/h2-5,13-14,16,22,36H,6-12,30H2,1H3,(H,31,32)/t22-/m0/s1. The molecule has 0 radical (unpaired) electrons. The highest BCUT2D eigenvalue weighted by Gasteiger charge is 2.35. The molecule has 1 atom stereocenters. The van der Waals surface area contributed by atoms with Crippen LogP contribution >= 0.6 is 0 Å². The summed E-state index contributed by atoms with van der Waals surface area (Å²) in [6, 6.07) is 3.51. The highest BCUT2D eigenvalue weighted by Crippen LogP contribution is 2.31. The van der Waals surface area contributed by atoms with E-state index in [4.69, 9.17) is 20.5 Å². The fraction of sp³-hybridized carbons (Fsp3) is 0.400. The van der Waals surface area contributed by atoms with Gasteiger partial charge in [0.05, 0.1) is 24.1 Å². The number of benzene rings is 2. The molecular weight excluding hydrogens is 569 g/mol. The van der Waals surface area contributed by atoms with E-state index < -0.39 is 54.5 Å². The summed E-state index contributed by atoms with van der Waals surface area (Å²) < 4.78 is 77.2. The Morgan fingerprint density at radius 1 is 1.24 bits per heavy atom. The van der Waals surface area contributed by atoms with Crippen LogP contribution in [-0.2, 0) is 19.6 Å². The number of ether oxygens (including phenoxy) is 2. The maximum atomic E-state index is 14.6. The van der Waals surface area contributed by atoms with E-state index in [1.807, 2.05) is 11.1 Å². The fourth-order valence-electron chi connectivity index (χ4n) is 4.12. The summed E-state index contributed by atoms with van der Waals surface area (Å²) >= 11 is 0. The molecular formula is C25H29F3N6O6S. The summed E-state index contributed by atoms with van der Waals surface area (Å²) in [6.45, 7) is 1.66. The third kappa shape index (κ3) is 8.07. The average molecular weight is 599 g/mol. The molecule has 0 aromatic heterocycles. The normalized spacial score (nSPS) is 15.2. The maximum Gasteiger partial charge on any atom is 0.289 e. The molecule has 1 fully saturated rings. The van der Waals surface area contributed by atoms with E-state index in [9.17, 15) is 31.6 Å². The number of hydroxylamine groups is 1. The van der Waals surface area contributed by atoms with Gasteiger partial charge in [0, 0.05) is 20.2 Å². The van der Waals surface area contributed by atoms with Crippen LogP contribution in [0.2, 0.25) is 0 Å². The van der Waals surface area contributed by atoms with Crippen molar-refractivity contribution in [2.45, 2.75) is 30.2 Å². The smallest absolute Gasteiger partial charge is 0.289 e. The Bertz CT molecular complexity index is 1370. The van der Waals surface area contributed by atoms with Gasteiger partial charge < -0.3 is 20.1 Å². The van der Waals surface area contributed by atoms with Crippen molar-refractivity contribution in [1.29, 1.82) is 5.26 Å². The molecule has 2 aromatic carbocycles. The first-order valence-corrected chi connectivity index (χ1v) is 13.8. The number of methoxy groups -OCH3 is 1. The molecule has 1 aliphatic heterocycles. The van der Waals surface area contributed by atoms with Gasteiger partial charge in [0.1, 0.15) is 11.6 Å². The number of nitrogens with one attached hydrogen (secondary N) is 1. The molecule has 41 heavy (non-hydrogen) atoms. The van der Waals surface area contributed by atoms with Crippen molar-refractivity contribution in [1.82, 2.24) is 14.7 Å². The van der Waals surface area contributed by atoms with Crippen molar-refractivity contribution < 1.29 is 41.1 Å². The number of carbonyl (C=O) groups excluding carboxylic acids is 1. The van der Waals surface area contributed by atoms with Crippen LogP contribution in [0.15, 0.2) is 46.3 Å². The minimum atomic E-state index is -5.10. The summed E-state index contributed by atoms with van der Waals surface area (Å²) in [5, 5.41) is 21.7. The van der Waals surface area contributed by atoms with Crippen LogP contribution in [0.1, 0.15) is 19.3 Å². The number of halogens is 3. The van der Waals surface area contributed by atoms with Gasteiger partial charge in [0.2, 0.25) is 5.96 Å². The quantitative estimate of drug-likeness (QED) is 0.0701. The largest absolute Gasteiger partial charge is 0.451 e. The van der Waals surface area contributed by atoms with Crippen molar-refractivity contribution in [2.75, 3.05) is 33.4 Å². The van der Waals surface area contributed by atoms with Crippen LogP contribution in [0, 0.1) is 34.8 Å². The number of nitrogens with two attached hydrogens (primary N) is 1. The zero-order valence-electron chi connectivity index (χ0n) is 22.0. The van der Waals surface area contributed by atoms with Gasteiger partial charge >= 0.3 is 0 Å². The second-order valence-electron chi connectivity index (χ2n) is 9.07. The number of nitriles is 1. The Hall–Kier alpha value is -3.91. The van der Waals surface area contributed by atoms with E-state index in [1.165, 1.54) is 7.11 Å². The Morgan fingerprint density at radius 3 is 2.41 bits per heavy atom. The van der Waals surface area contributed by atoms with Gasteiger partial charge in [-0.25, -0.2) is 18.2 Å². The average Bonchev–Trinajstić information content (AvgIpc) is 2.95. The second-order valence-corrected chi connectivity index (χ2v) is 10.8. The van der Waals surface area contributed by atoms with E-state index in [2.05, 4.69) is 10.3 Å². The van der Waals surface area contributed by atoms with Crippen LogP contribution < -0.4 is 15.8 Å². The first-order valence-electron chi connectivity index (χ1n) is 12.4. The molecule has 3 rings (SSSR count). The number of guanidine groups is 1. The second kappa shape index (κ2) is 14.1. The van der Waals surface area contributed by atoms with Gasteiger partial charge in [-0.2, -0.15) is 13.7 Å². The molecule has 1 aliphatic rings. The van der Waals surface area contributed by atoms with Crippen LogP contribution in [0.3, 0.4) is 0 Å². The number of carbonyl (C=O) groups is 1. The predicted octanol–water partition coefficient (Wildman–Crippen LogP) is 2.31. The number of hydrogen-bond acceptors (Lipinski definition) is 9. The topological polar surface area (TPSA) is 171 Å². The lowest BCUT2D eigenvalue weighted by molar-refractivity contribution is -0.148. The zero-order valence-corrected chi connectivity index (χ0v) is 22.8. The minimum Gasteiger partial charge on any atom is -0.451 e. The Balaban J connectivity index is 1.63. The summed E-state index contributed by atoms with van der Waals surface area (Å²) in [5.74, 6) is -5.71. The van der Waals surface area contributed by atoms with E-state index in [-0.39, 0.29) is 18.1 Å². The lowest BCUT2D eigenvalue weighted by Gasteiger charge is -2.34. The molecule has 1 amide bonds. The van der Waals surface area contributed by atoms with Gasteiger partial charge in [-0.3, -0.25) is 15.3 Å². The number of sulfonamides is 1. The van der Waals surface area contributed by atoms with Crippen LogP contribution in [0.25, 0.3) is 0 Å². The van der Waals surface area contributed by atoms with E-state index in [0.29, 0.717) is 57.2 Å². The van der Waals surface area contributed by atoms with Gasteiger partial charge in [-0.1, -0.05) is 0 Å². The van der Waals surface area contributed by atoms with Crippen molar-refractivity contribution >= 4 is 21.9 Å². The van der Waals surface area contributed by atoms with E-state index in [1.54, 1.807) is 0 Å². The van der Waals surface area contributed by atoms with E-state index in [0.717, 1.165) is 24.3 Å². The number of aliphatic imine (C=N–C) groups is 1. The Kier molecular flexibility index (Phi) is 10.9. The van der Waals surface area contributed by atoms with Gasteiger partial charge in [0.25, 0.3) is 15.9 Å². The fourth-order valence-corrected chi connectivity index (χ4v) is 5.19. The summed E-state index contributed by atoms with van der Waals surface area (Å²) in [6.07, 6.45) is 2.91. The number of nitrogens with zero attached hydrogens (tertiary/aromatic N) is 4. The van der Waals surface area contributed by atoms with E-state index >= 15 is 0 Å².